The van der Waals surface area contributed by atoms with Crippen LogP contribution in [-0.2, 0) is 16.1 Å². The number of thiazole rings is 1. The molecule has 0 bridgehead atoms. The summed E-state index contributed by atoms with van der Waals surface area (Å²) in [5, 5.41) is 0.703. The molecule has 1 aromatic rings. The van der Waals surface area contributed by atoms with Gasteiger partial charge in [-0.25, -0.2) is 10.8 Å². The predicted octanol–water partition coefficient (Wildman–Crippen LogP) is 1.62. The van der Waals surface area contributed by atoms with Crippen molar-refractivity contribution in [3.05, 3.63) is 11.1 Å². The van der Waals surface area contributed by atoms with Crippen LogP contribution in [0.25, 0.3) is 0 Å². The molecule has 6 heteroatoms. The number of hydrazine groups is 1. The van der Waals surface area contributed by atoms with Crippen LogP contribution >= 0.6 is 11.3 Å². The topological polar surface area (TPSA) is 69.4 Å². The SMILES string of the molecule is CC(C)COCCOCc1cnc(NN)s1. The fraction of sp³-hybridized carbons (Fsp3) is 0.700. The Morgan fingerprint density at radius 1 is 1.44 bits per heavy atom. The minimum atomic E-state index is 0.560. The number of nitrogens with one attached hydrogen (secondary N) is 1. The molecule has 0 atom stereocenters. The van der Waals surface area contributed by atoms with E-state index in [1.807, 2.05) is 0 Å². The van der Waals surface area contributed by atoms with Gasteiger partial charge in [0.1, 0.15) is 0 Å². The number of nitrogens with zero attached hydrogens (tertiary/aromatic N) is 1. The van der Waals surface area contributed by atoms with Crippen molar-refractivity contribution in [3.63, 3.8) is 0 Å². The zero-order valence-electron chi connectivity index (χ0n) is 9.73. The summed E-state index contributed by atoms with van der Waals surface area (Å²) in [5.74, 6) is 5.79. The number of hydrogen-bond acceptors (Lipinski definition) is 6. The third kappa shape index (κ3) is 5.41. The van der Waals surface area contributed by atoms with Gasteiger partial charge in [-0.05, 0) is 5.92 Å². The molecule has 1 heterocycles. The Labute approximate surface area is 99.9 Å². The monoisotopic (exact) mass is 245 g/mol. The fourth-order valence-electron chi connectivity index (χ4n) is 1.05. The Morgan fingerprint density at radius 3 is 2.81 bits per heavy atom. The van der Waals surface area contributed by atoms with Gasteiger partial charge in [0.2, 0.25) is 0 Å². The largest absolute Gasteiger partial charge is 0.379 e. The molecule has 16 heavy (non-hydrogen) atoms. The van der Waals surface area contributed by atoms with Gasteiger partial charge in [0, 0.05) is 12.8 Å². The van der Waals surface area contributed by atoms with Crippen LogP contribution in [0.4, 0.5) is 5.13 Å². The van der Waals surface area contributed by atoms with E-state index in [-0.39, 0.29) is 0 Å². The Balaban J connectivity index is 2.02. The first kappa shape index (κ1) is 13.4. The highest BCUT2D eigenvalue weighted by Gasteiger charge is 2.00. The Hall–Kier alpha value is -0.690. The lowest BCUT2D eigenvalue weighted by atomic mass is 10.2. The summed E-state index contributed by atoms with van der Waals surface area (Å²) in [4.78, 5) is 5.10. The standard InChI is InChI=1S/C10H19N3O2S/c1-8(2)6-14-3-4-15-7-9-5-12-10(13-11)16-9/h5,8H,3-4,6-7,11H2,1-2H3,(H,12,13). The summed E-state index contributed by atoms with van der Waals surface area (Å²) in [6.07, 6.45) is 1.76. The van der Waals surface area contributed by atoms with Crippen molar-refractivity contribution in [3.8, 4) is 0 Å². The molecule has 0 radical (unpaired) electrons. The molecule has 3 N–H and O–H groups in total. The highest BCUT2D eigenvalue weighted by molar-refractivity contribution is 7.15. The lowest BCUT2D eigenvalue weighted by Crippen LogP contribution is -2.08. The van der Waals surface area contributed by atoms with E-state index in [0.717, 1.165) is 11.5 Å². The van der Waals surface area contributed by atoms with E-state index in [1.165, 1.54) is 11.3 Å². The van der Waals surface area contributed by atoms with Crippen LogP contribution in [0, 0.1) is 5.92 Å². The minimum Gasteiger partial charge on any atom is -0.379 e. The summed E-state index contributed by atoms with van der Waals surface area (Å²) < 4.78 is 10.8. The van der Waals surface area contributed by atoms with E-state index in [0.29, 0.717) is 30.9 Å². The molecular formula is C10H19N3O2S. The summed E-state index contributed by atoms with van der Waals surface area (Å²) in [6, 6.07) is 0. The molecular weight excluding hydrogens is 226 g/mol. The maximum atomic E-state index is 5.44. The summed E-state index contributed by atoms with van der Waals surface area (Å²) in [6.45, 7) is 6.84. The molecule has 92 valence electrons. The van der Waals surface area contributed by atoms with Crippen LogP contribution in [0.1, 0.15) is 18.7 Å². The predicted molar refractivity (Wildman–Crippen MR) is 65.2 cm³/mol. The average Bonchev–Trinajstić information content (AvgIpc) is 2.70. The second-order valence-electron chi connectivity index (χ2n) is 3.80. The molecule has 5 nitrogen and oxygen atoms in total. The van der Waals surface area contributed by atoms with Crippen molar-refractivity contribution >= 4 is 16.5 Å². The average molecular weight is 245 g/mol. The molecule has 1 aromatic heterocycles. The van der Waals surface area contributed by atoms with Crippen molar-refractivity contribution in [1.82, 2.24) is 4.98 Å². The van der Waals surface area contributed by atoms with Crippen molar-refractivity contribution in [1.29, 1.82) is 0 Å². The first-order chi connectivity index (χ1) is 7.72. The van der Waals surface area contributed by atoms with Crippen molar-refractivity contribution in [2.75, 3.05) is 25.2 Å². The van der Waals surface area contributed by atoms with E-state index < -0.39 is 0 Å². The van der Waals surface area contributed by atoms with Crippen LogP contribution in [0.5, 0.6) is 0 Å². The number of ether oxygens (including phenoxy) is 2. The molecule has 0 amide bonds. The van der Waals surface area contributed by atoms with E-state index in [1.54, 1.807) is 6.20 Å². The number of hydrogen-bond donors (Lipinski definition) is 2. The van der Waals surface area contributed by atoms with Gasteiger partial charge in [-0.3, -0.25) is 5.43 Å². The van der Waals surface area contributed by atoms with Crippen LogP contribution < -0.4 is 11.3 Å². The van der Waals surface area contributed by atoms with E-state index in [2.05, 4.69) is 24.3 Å². The third-order valence-corrected chi connectivity index (χ3v) is 2.65. The van der Waals surface area contributed by atoms with E-state index in [4.69, 9.17) is 15.3 Å². The molecule has 0 aliphatic carbocycles. The smallest absolute Gasteiger partial charge is 0.197 e. The third-order valence-electron chi connectivity index (χ3n) is 1.74. The second kappa shape index (κ2) is 7.56. The maximum absolute atomic E-state index is 5.44. The fourth-order valence-corrected chi connectivity index (χ4v) is 1.71. The molecule has 0 spiro atoms. The van der Waals surface area contributed by atoms with Gasteiger partial charge in [-0.1, -0.05) is 25.2 Å². The van der Waals surface area contributed by atoms with Crippen LogP contribution in [0.2, 0.25) is 0 Å². The van der Waals surface area contributed by atoms with Gasteiger partial charge in [-0.15, -0.1) is 0 Å². The molecule has 1 rings (SSSR count). The minimum absolute atomic E-state index is 0.560. The van der Waals surface area contributed by atoms with Gasteiger partial charge in [0.25, 0.3) is 0 Å². The van der Waals surface area contributed by atoms with Crippen molar-refractivity contribution in [2.45, 2.75) is 20.5 Å². The normalized spacial score (nSPS) is 11.0. The van der Waals surface area contributed by atoms with Gasteiger partial charge >= 0.3 is 0 Å². The van der Waals surface area contributed by atoms with Gasteiger partial charge < -0.3 is 9.47 Å². The molecule has 0 aromatic carbocycles. The number of aromatic nitrogens is 1. The zero-order chi connectivity index (χ0) is 11.8. The van der Waals surface area contributed by atoms with Crippen LogP contribution in [0.3, 0.4) is 0 Å². The van der Waals surface area contributed by atoms with Gasteiger partial charge in [-0.2, -0.15) is 0 Å². The van der Waals surface area contributed by atoms with Gasteiger partial charge in [0.15, 0.2) is 5.13 Å². The Morgan fingerprint density at radius 2 is 2.19 bits per heavy atom. The lowest BCUT2D eigenvalue weighted by molar-refractivity contribution is 0.0322. The first-order valence-corrected chi connectivity index (χ1v) is 6.11. The maximum Gasteiger partial charge on any atom is 0.197 e. The second-order valence-corrected chi connectivity index (χ2v) is 4.91. The van der Waals surface area contributed by atoms with Crippen LogP contribution in [0.15, 0.2) is 6.20 Å². The van der Waals surface area contributed by atoms with Crippen molar-refractivity contribution < 1.29 is 9.47 Å². The summed E-state index contributed by atoms with van der Waals surface area (Å²) in [7, 11) is 0. The number of rotatable bonds is 8. The summed E-state index contributed by atoms with van der Waals surface area (Å²) in [5.41, 5.74) is 2.50. The van der Waals surface area contributed by atoms with Gasteiger partial charge in [0.05, 0.1) is 24.7 Å². The Kier molecular flexibility index (Phi) is 6.32. The molecule has 0 unspecified atom stereocenters. The van der Waals surface area contributed by atoms with E-state index >= 15 is 0 Å². The number of anilines is 1. The van der Waals surface area contributed by atoms with E-state index in [9.17, 15) is 0 Å². The highest BCUT2D eigenvalue weighted by Crippen LogP contribution is 2.17. The molecule has 0 saturated carbocycles. The van der Waals surface area contributed by atoms with Crippen molar-refractivity contribution in [2.24, 2.45) is 11.8 Å². The zero-order valence-corrected chi connectivity index (χ0v) is 10.5. The summed E-state index contributed by atoms with van der Waals surface area (Å²) >= 11 is 1.49. The first-order valence-electron chi connectivity index (χ1n) is 5.29. The number of nitrogens with two attached hydrogens (primary N) is 1. The number of nitrogen functional groups attached to an aromatic ring is 1. The quantitative estimate of drug-likeness (QED) is 0.414. The van der Waals surface area contributed by atoms with Crippen LogP contribution in [-0.4, -0.2) is 24.8 Å². The molecule has 0 saturated heterocycles. The molecule has 0 aliphatic heterocycles. The Bertz CT molecular complexity index is 291. The molecule has 0 fully saturated rings. The highest BCUT2D eigenvalue weighted by atomic mass is 32.1. The lowest BCUT2D eigenvalue weighted by Gasteiger charge is -2.06. The molecule has 0 aliphatic rings.